The Labute approximate surface area is 199 Å². The van der Waals surface area contributed by atoms with E-state index in [0.29, 0.717) is 17.4 Å². The molecule has 34 heavy (non-hydrogen) atoms. The number of morpholine rings is 1. The summed E-state index contributed by atoms with van der Waals surface area (Å²) < 4.78 is 7.60. The predicted molar refractivity (Wildman–Crippen MR) is 128 cm³/mol. The average molecular weight is 456 g/mol. The SMILES string of the molecule is C[C@@H]1C2(CC2)C[C@@]1(C#N)c1ccc2cnn(-c3cc(N4CCN5CCOC[C@@H]5C4)ncn3)c2c1. The predicted octanol–water partition coefficient (Wildman–Crippen LogP) is 2.92. The minimum absolute atomic E-state index is 0.391. The van der Waals surface area contributed by atoms with E-state index in [-0.39, 0.29) is 0 Å². The van der Waals surface area contributed by atoms with Gasteiger partial charge in [-0.1, -0.05) is 19.1 Å². The van der Waals surface area contributed by atoms with Crippen LogP contribution < -0.4 is 4.90 Å². The third-order valence-electron chi connectivity index (χ3n) is 9.08. The van der Waals surface area contributed by atoms with Crippen LogP contribution in [-0.4, -0.2) is 70.1 Å². The van der Waals surface area contributed by atoms with Gasteiger partial charge in [0, 0.05) is 37.6 Å². The molecule has 0 amide bonds. The highest BCUT2D eigenvalue weighted by molar-refractivity contribution is 5.81. The van der Waals surface area contributed by atoms with E-state index in [2.05, 4.69) is 56.1 Å². The van der Waals surface area contributed by atoms with Crippen molar-refractivity contribution in [1.29, 1.82) is 5.26 Å². The lowest BCUT2D eigenvalue weighted by Crippen LogP contribution is -2.58. The largest absolute Gasteiger partial charge is 0.378 e. The summed E-state index contributed by atoms with van der Waals surface area (Å²) in [5.74, 6) is 2.07. The molecule has 2 aliphatic heterocycles. The second-order valence-corrected chi connectivity index (χ2v) is 10.6. The first kappa shape index (κ1) is 20.4. The topological polar surface area (TPSA) is 83.1 Å². The van der Waals surface area contributed by atoms with E-state index in [9.17, 15) is 5.26 Å². The zero-order valence-corrected chi connectivity index (χ0v) is 19.5. The van der Waals surface area contributed by atoms with Crippen LogP contribution in [0.15, 0.2) is 36.8 Å². The maximum atomic E-state index is 10.2. The maximum Gasteiger partial charge on any atom is 0.159 e. The quantitative estimate of drug-likeness (QED) is 0.600. The van der Waals surface area contributed by atoms with Crippen LogP contribution in [-0.2, 0) is 10.2 Å². The van der Waals surface area contributed by atoms with Crippen molar-refractivity contribution >= 4 is 16.7 Å². The molecule has 1 spiro atoms. The van der Waals surface area contributed by atoms with Gasteiger partial charge in [0.1, 0.15) is 12.1 Å². The zero-order chi connectivity index (χ0) is 22.9. The molecule has 2 saturated heterocycles. The Bertz CT molecular complexity index is 1310. The van der Waals surface area contributed by atoms with Crippen LogP contribution in [0.3, 0.4) is 0 Å². The molecule has 4 aliphatic rings. The minimum Gasteiger partial charge on any atom is -0.378 e. The molecular formula is C26H29N7O. The molecule has 4 fully saturated rings. The Kier molecular flexibility index (Phi) is 4.33. The zero-order valence-electron chi connectivity index (χ0n) is 19.5. The van der Waals surface area contributed by atoms with E-state index >= 15 is 0 Å². The fourth-order valence-electron chi connectivity index (χ4n) is 6.64. The smallest absolute Gasteiger partial charge is 0.159 e. The Balaban J connectivity index is 1.22. The van der Waals surface area contributed by atoms with Crippen LogP contribution in [0.5, 0.6) is 0 Å². The van der Waals surface area contributed by atoms with Gasteiger partial charge in [0.2, 0.25) is 0 Å². The van der Waals surface area contributed by atoms with Crippen molar-refractivity contribution < 1.29 is 4.74 Å². The summed E-state index contributed by atoms with van der Waals surface area (Å²) in [5.41, 5.74) is 2.13. The molecule has 1 aromatic carbocycles. The van der Waals surface area contributed by atoms with Crippen LogP contribution >= 0.6 is 0 Å². The van der Waals surface area contributed by atoms with E-state index in [4.69, 9.17) is 4.74 Å². The highest BCUT2D eigenvalue weighted by Crippen LogP contribution is 2.72. The Morgan fingerprint density at radius 3 is 2.82 bits per heavy atom. The minimum atomic E-state index is -0.391. The summed E-state index contributed by atoms with van der Waals surface area (Å²) in [5, 5.41) is 15.9. The van der Waals surface area contributed by atoms with Gasteiger partial charge in [-0.25, -0.2) is 14.6 Å². The van der Waals surface area contributed by atoms with Crippen molar-refractivity contribution in [2.24, 2.45) is 11.3 Å². The Morgan fingerprint density at radius 1 is 1.12 bits per heavy atom. The number of ether oxygens (including phenoxy) is 1. The van der Waals surface area contributed by atoms with Gasteiger partial charge in [-0.3, -0.25) is 4.90 Å². The van der Waals surface area contributed by atoms with Crippen molar-refractivity contribution in [2.75, 3.05) is 44.3 Å². The summed E-state index contributed by atoms with van der Waals surface area (Å²) in [6, 6.07) is 11.5. The van der Waals surface area contributed by atoms with Gasteiger partial charge >= 0.3 is 0 Å². The van der Waals surface area contributed by atoms with Crippen molar-refractivity contribution in [1.82, 2.24) is 24.6 Å². The number of anilines is 1. The fraction of sp³-hybridized carbons (Fsp3) is 0.538. The van der Waals surface area contributed by atoms with Crippen LogP contribution in [0.4, 0.5) is 5.82 Å². The first-order chi connectivity index (χ1) is 16.6. The van der Waals surface area contributed by atoms with Crippen LogP contribution in [0, 0.1) is 22.7 Å². The van der Waals surface area contributed by atoms with Crippen LogP contribution in [0.25, 0.3) is 16.7 Å². The number of piperazine rings is 1. The number of hydrogen-bond acceptors (Lipinski definition) is 7. The standard InChI is InChI=1S/C26H29N7O/c1-18-25(4-5-25)15-26(18,16-27)20-3-2-19-12-30-33(22(19)10-20)24-11-23(28-17-29-24)32-7-6-31-8-9-34-14-21(31)13-32/h2-3,10-12,17-18,21H,4-9,13-15H2,1H3/t18-,21+,26+/m1/s1. The molecule has 2 aliphatic carbocycles. The van der Waals surface area contributed by atoms with Crippen molar-refractivity contribution in [3.8, 4) is 11.9 Å². The number of rotatable bonds is 3. The van der Waals surface area contributed by atoms with E-state index in [0.717, 1.165) is 73.9 Å². The normalized spacial score (nSPS) is 30.1. The second kappa shape index (κ2) is 7.24. The average Bonchev–Trinajstić information content (AvgIpc) is 3.59. The molecule has 2 aromatic heterocycles. The first-order valence-electron chi connectivity index (χ1n) is 12.4. The molecular weight excluding hydrogens is 426 g/mol. The number of hydrogen-bond donors (Lipinski definition) is 0. The van der Waals surface area contributed by atoms with Gasteiger partial charge in [0.25, 0.3) is 0 Å². The van der Waals surface area contributed by atoms with E-state index in [1.165, 1.54) is 12.8 Å². The van der Waals surface area contributed by atoms with Crippen LogP contribution in [0.1, 0.15) is 31.7 Å². The number of benzene rings is 1. The fourth-order valence-corrected chi connectivity index (χ4v) is 6.64. The van der Waals surface area contributed by atoms with Crippen LogP contribution in [0.2, 0.25) is 0 Å². The highest BCUT2D eigenvalue weighted by Gasteiger charge is 2.67. The number of nitrogens with zero attached hydrogens (tertiary/aromatic N) is 7. The van der Waals surface area contributed by atoms with Gasteiger partial charge in [-0.15, -0.1) is 0 Å². The maximum absolute atomic E-state index is 10.2. The van der Waals surface area contributed by atoms with Crippen molar-refractivity contribution in [3.05, 3.63) is 42.4 Å². The van der Waals surface area contributed by atoms with Gasteiger partial charge < -0.3 is 9.64 Å². The number of aromatic nitrogens is 4. The van der Waals surface area contributed by atoms with Gasteiger partial charge in [-0.05, 0) is 42.2 Å². The molecule has 0 N–H and O–H groups in total. The van der Waals surface area contributed by atoms with E-state index < -0.39 is 5.41 Å². The third kappa shape index (κ3) is 2.87. The highest BCUT2D eigenvalue weighted by atomic mass is 16.5. The molecule has 8 heteroatoms. The molecule has 3 atom stereocenters. The number of nitriles is 1. The van der Waals surface area contributed by atoms with Crippen molar-refractivity contribution in [2.45, 2.75) is 37.6 Å². The monoisotopic (exact) mass is 455 g/mol. The molecule has 7 rings (SSSR count). The van der Waals surface area contributed by atoms with E-state index in [1.54, 1.807) is 6.33 Å². The molecule has 0 bridgehead atoms. The van der Waals surface area contributed by atoms with Crippen molar-refractivity contribution in [3.63, 3.8) is 0 Å². The lowest BCUT2D eigenvalue weighted by molar-refractivity contribution is -0.0117. The molecule has 174 valence electrons. The molecule has 3 aromatic rings. The third-order valence-corrected chi connectivity index (χ3v) is 9.08. The first-order valence-corrected chi connectivity index (χ1v) is 12.4. The van der Waals surface area contributed by atoms with E-state index in [1.807, 2.05) is 16.9 Å². The van der Waals surface area contributed by atoms with Gasteiger partial charge in [0.15, 0.2) is 5.82 Å². The molecule has 0 radical (unpaired) electrons. The summed E-state index contributed by atoms with van der Waals surface area (Å²) >= 11 is 0. The summed E-state index contributed by atoms with van der Waals surface area (Å²) in [4.78, 5) is 14.0. The summed E-state index contributed by atoms with van der Waals surface area (Å²) in [6.07, 6.45) is 7.02. The molecule has 2 saturated carbocycles. The molecule has 8 nitrogen and oxygen atoms in total. The van der Waals surface area contributed by atoms with Gasteiger partial charge in [0.05, 0.1) is 42.5 Å². The second-order valence-electron chi connectivity index (χ2n) is 10.6. The summed E-state index contributed by atoms with van der Waals surface area (Å²) in [6.45, 7) is 7.76. The molecule has 4 heterocycles. The Hall–Kier alpha value is -3.02. The lowest BCUT2D eigenvalue weighted by atomic mass is 9.50. The Morgan fingerprint density at radius 2 is 2.00 bits per heavy atom. The van der Waals surface area contributed by atoms with Gasteiger partial charge in [-0.2, -0.15) is 10.4 Å². The summed E-state index contributed by atoms with van der Waals surface area (Å²) in [7, 11) is 0. The molecule has 0 unspecified atom stereocenters. The lowest BCUT2D eigenvalue weighted by Gasteiger charge is -2.51. The number of fused-ring (bicyclic) bond motifs is 2.